The van der Waals surface area contributed by atoms with Gasteiger partial charge in [-0.1, -0.05) is 0 Å². The van der Waals surface area contributed by atoms with Crippen LogP contribution in [0.2, 0.25) is 0 Å². The maximum atomic E-state index is 11.7. The Balaban J connectivity index is 2.25. The molecule has 0 saturated carbocycles. The van der Waals surface area contributed by atoms with Crippen molar-refractivity contribution in [2.45, 2.75) is 38.8 Å². The van der Waals surface area contributed by atoms with Gasteiger partial charge in [0.1, 0.15) is 5.76 Å². The molecular formula is C12H20N2O2. The van der Waals surface area contributed by atoms with E-state index in [4.69, 9.17) is 10.2 Å². The van der Waals surface area contributed by atoms with Gasteiger partial charge < -0.3 is 15.1 Å². The van der Waals surface area contributed by atoms with Gasteiger partial charge in [-0.2, -0.15) is 0 Å². The summed E-state index contributed by atoms with van der Waals surface area (Å²) in [5.41, 5.74) is 5.62. The van der Waals surface area contributed by atoms with Crippen LogP contribution in [-0.2, 0) is 11.3 Å². The summed E-state index contributed by atoms with van der Waals surface area (Å²) in [4.78, 5) is 13.4. The maximum absolute atomic E-state index is 11.7. The van der Waals surface area contributed by atoms with Crippen molar-refractivity contribution < 1.29 is 9.21 Å². The van der Waals surface area contributed by atoms with Gasteiger partial charge in [-0.05, 0) is 31.9 Å². The SMILES string of the molecule is CC(N)CCCC(=O)N(C)Cc1ccco1. The van der Waals surface area contributed by atoms with Crippen LogP contribution in [0, 0.1) is 0 Å². The zero-order valence-corrected chi connectivity index (χ0v) is 9.98. The molecular weight excluding hydrogens is 204 g/mol. The number of rotatable bonds is 6. The lowest BCUT2D eigenvalue weighted by molar-refractivity contribution is -0.130. The summed E-state index contributed by atoms with van der Waals surface area (Å²) in [7, 11) is 1.79. The molecule has 1 rings (SSSR count). The topological polar surface area (TPSA) is 59.5 Å². The third-order valence-corrected chi connectivity index (χ3v) is 2.45. The van der Waals surface area contributed by atoms with Crippen LogP contribution in [0.5, 0.6) is 0 Å². The molecule has 4 heteroatoms. The molecule has 1 aromatic heterocycles. The van der Waals surface area contributed by atoms with E-state index in [9.17, 15) is 4.79 Å². The first kappa shape index (κ1) is 12.8. The Kier molecular flexibility index (Phi) is 5.05. The van der Waals surface area contributed by atoms with Crippen molar-refractivity contribution in [1.29, 1.82) is 0 Å². The van der Waals surface area contributed by atoms with E-state index in [1.54, 1.807) is 18.2 Å². The molecule has 1 atom stereocenters. The highest BCUT2D eigenvalue weighted by Crippen LogP contribution is 2.07. The third-order valence-electron chi connectivity index (χ3n) is 2.45. The minimum Gasteiger partial charge on any atom is -0.467 e. The van der Waals surface area contributed by atoms with Crippen LogP contribution < -0.4 is 5.73 Å². The Morgan fingerprint density at radius 3 is 2.94 bits per heavy atom. The van der Waals surface area contributed by atoms with Crippen LogP contribution in [-0.4, -0.2) is 23.9 Å². The number of hydrogen-bond donors (Lipinski definition) is 1. The van der Waals surface area contributed by atoms with Gasteiger partial charge >= 0.3 is 0 Å². The lowest BCUT2D eigenvalue weighted by Gasteiger charge is -2.15. The summed E-state index contributed by atoms with van der Waals surface area (Å²) >= 11 is 0. The third kappa shape index (κ3) is 4.49. The minimum atomic E-state index is 0.136. The lowest BCUT2D eigenvalue weighted by Crippen LogP contribution is -2.26. The summed E-state index contributed by atoms with van der Waals surface area (Å²) in [6.07, 6.45) is 3.90. The molecule has 0 aromatic carbocycles. The molecule has 90 valence electrons. The van der Waals surface area contributed by atoms with Crippen molar-refractivity contribution in [2.75, 3.05) is 7.05 Å². The molecule has 0 radical (unpaired) electrons. The second-order valence-corrected chi connectivity index (χ2v) is 4.20. The predicted molar refractivity (Wildman–Crippen MR) is 62.7 cm³/mol. The van der Waals surface area contributed by atoms with E-state index in [0.29, 0.717) is 13.0 Å². The zero-order valence-electron chi connectivity index (χ0n) is 9.98. The summed E-state index contributed by atoms with van der Waals surface area (Å²) in [6.45, 7) is 2.49. The molecule has 0 spiro atoms. The maximum Gasteiger partial charge on any atom is 0.222 e. The average Bonchev–Trinajstić information content (AvgIpc) is 2.69. The van der Waals surface area contributed by atoms with Crippen LogP contribution in [0.1, 0.15) is 31.9 Å². The fourth-order valence-electron chi connectivity index (χ4n) is 1.49. The number of nitrogens with two attached hydrogens (primary N) is 1. The Morgan fingerprint density at radius 2 is 2.38 bits per heavy atom. The fraction of sp³-hybridized carbons (Fsp3) is 0.583. The highest BCUT2D eigenvalue weighted by atomic mass is 16.3. The van der Waals surface area contributed by atoms with Crippen LogP contribution in [0.15, 0.2) is 22.8 Å². The van der Waals surface area contributed by atoms with Crippen molar-refractivity contribution in [2.24, 2.45) is 5.73 Å². The zero-order chi connectivity index (χ0) is 12.0. The van der Waals surface area contributed by atoms with Crippen molar-refractivity contribution in [3.8, 4) is 0 Å². The quantitative estimate of drug-likeness (QED) is 0.801. The number of carbonyl (C=O) groups is 1. The second kappa shape index (κ2) is 6.33. The first-order valence-corrected chi connectivity index (χ1v) is 5.61. The summed E-state index contributed by atoms with van der Waals surface area (Å²) in [6, 6.07) is 3.86. The van der Waals surface area contributed by atoms with Gasteiger partial charge in [0.15, 0.2) is 0 Å². The number of furan rings is 1. The predicted octanol–water partition coefficient (Wildman–Crippen LogP) is 1.76. The van der Waals surface area contributed by atoms with Crippen molar-refractivity contribution >= 4 is 5.91 Å². The van der Waals surface area contributed by atoms with Gasteiger partial charge in [0, 0.05) is 19.5 Å². The molecule has 0 fully saturated rings. The smallest absolute Gasteiger partial charge is 0.222 e. The van der Waals surface area contributed by atoms with Crippen LogP contribution >= 0.6 is 0 Å². The van der Waals surface area contributed by atoms with Crippen LogP contribution in [0.4, 0.5) is 0 Å². The molecule has 2 N–H and O–H groups in total. The molecule has 0 aliphatic rings. The summed E-state index contributed by atoms with van der Waals surface area (Å²) < 4.78 is 5.18. The largest absolute Gasteiger partial charge is 0.467 e. The Hall–Kier alpha value is -1.29. The highest BCUT2D eigenvalue weighted by Gasteiger charge is 2.10. The normalized spacial score (nSPS) is 12.4. The molecule has 1 aromatic rings. The van der Waals surface area contributed by atoms with E-state index in [1.807, 2.05) is 19.1 Å². The monoisotopic (exact) mass is 224 g/mol. The first-order valence-electron chi connectivity index (χ1n) is 5.61. The second-order valence-electron chi connectivity index (χ2n) is 4.20. The van der Waals surface area contributed by atoms with E-state index in [2.05, 4.69) is 0 Å². The van der Waals surface area contributed by atoms with E-state index in [1.165, 1.54) is 0 Å². The molecule has 0 aliphatic carbocycles. The molecule has 1 unspecified atom stereocenters. The van der Waals surface area contributed by atoms with E-state index < -0.39 is 0 Å². The summed E-state index contributed by atoms with van der Waals surface area (Å²) in [5, 5.41) is 0. The molecule has 0 aliphatic heterocycles. The van der Waals surface area contributed by atoms with Gasteiger partial charge in [-0.3, -0.25) is 4.79 Å². The van der Waals surface area contributed by atoms with E-state index >= 15 is 0 Å². The number of amides is 1. The van der Waals surface area contributed by atoms with Crippen LogP contribution in [0.3, 0.4) is 0 Å². The number of carbonyl (C=O) groups excluding carboxylic acids is 1. The van der Waals surface area contributed by atoms with Crippen LogP contribution in [0.25, 0.3) is 0 Å². The molecule has 1 heterocycles. The average molecular weight is 224 g/mol. The first-order chi connectivity index (χ1) is 7.59. The Morgan fingerprint density at radius 1 is 1.62 bits per heavy atom. The molecule has 0 bridgehead atoms. The minimum absolute atomic E-state index is 0.136. The molecule has 0 saturated heterocycles. The lowest BCUT2D eigenvalue weighted by atomic mass is 10.1. The van der Waals surface area contributed by atoms with Crippen molar-refractivity contribution in [3.05, 3.63) is 24.2 Å². The van der Waals surface area contributed by atoms with Crippen molar-refractivity contribution in [3.63, 3.8) is 0 Å². The molecule has 1 amide bonds. The summed E-state index contributed by atoms with van der Waals surface area (Å²) in [5.74, 6) is 0.945. The Labute approximate surface area is 96.4 Å². The molecule has 4 nitrogen and oxygen atoms in total. The van der Waals surface area contributed by atoms with Gasteiger partial charge in [0.05, 0.1) is 12.8 Å². The van der Waals surface area contributed by atoms with Gasteiger partial charge in [0.2, 0.25) is 5.91 Å². The van der Waals surface area contributed by atoms with Gasteiger partial charge in [-0.25, -0.2) is 0 Å². The number of hydrogen-bond acceptors (Lipinski definition) is 3. The van der Waals surface area contributed by atoms with Gasteiger partial charge in [-0.15, -0.1) is 0 Å². The van der Waals surface area contributed by atoms with E-state index in [0.717, 1.165) is 18.6 Å². The molecule has 16 heavy (non-hydrogen) atoms. The Bertz CT molecular complexity index is 307. The highest BCUT2D eigenvalue weighted by molar-refractivity contribution is 5.75. The fourth-order valence-corrected chi connectivity index (χ4v) is 1.49. The van der Waals surface area contributed by atoms with Crippen molar-refractivity contribution in [1.82, 2.24) is 4.90 Å². The van der Waals surface area contributed by atoms with E-state index in [-0.39, 0.29) is 11.9 Å². The number of nitrogens with zero attached hydrogens (tertiary/aromatic N) is 1. The standard InChI is InChI=1S/C12H20N2O2/c1-10(13)5-3-7-12(15)14(2)9-11-6-4-8-16-11/h4,6,8,10H,3,5,7,9,13H2,1-2H3. The van der Waals surface area contributed by atoms with Gasteiger partial charge in [0.25, 0.3) is 0 Å².